The van der Waals surface area contributed by atoms with E-state index >= 15 is 0 Å². The Morgan fingerprint density at radius 1 is 1.22 bits per heavy atom. The number of alkyl halides is 3. The third-order valence-electron chi connectivity index (χ3n) is 6.46. The Bertz CT molecular complexity index is 1160. The van der Waals surface area contributed by atoms with Crippen LogP contribution in [0.1, 0.15) is 59.6 Å². The molecule has 0 bridgehead atoms. The molecule has 0 saturated carbocycles. The highest BCUT2D eigenvalue weighted by Gasteiger charge is 2.38. The molecule has 0 N–H and O–H groups in total. The van der Waals surface area contributed by atoms with Gasteiger partial charge in [0.15, 0.2) is 0 Å². The first-order valence-corrected chi connectivity index (χ1v) is 10.7. The van der Waals surface area contributed by atoms with Gasteiger partial charge in [0.1, 0.15) is 6.54 Å². The van der Waals surface area contributed by atoms with Crippen LogP contribution in [0.3, 0.4) is 0 Å². The molecule has 10 heteroatoms. The summed E-state index contributed by atoms with van der Waals surface area (Å²) >= 11 is 0. The van der Waals surface area contributed by atoms with E-state index in [1.165, 1.54) is 0 Å². The number of piperidine rings is 1. The molecule has 0 spiro atoms. The molecular weight excluding hydrogens is 423 g/mol. The molecule has 7 nitrogen and oxygen atoms in total. The predicted molar refractivity (Wildman–Crippen MR) is 111 cm³/mol. The Kier molecular flexibility index (Phi) is 5.72. The summed E-state index contributed by atoms with van der Waals surface area (Å²) in [5.74, 6) is -0.282. The molecule has 1 aliphatic heterocycles. The summed E-state index contributed by atoms with van der Waals surface area (Å²) in [6, 6.07) is 1.08. The second-order valence-electron chi connectivity index (χ2n) is 8.37. The first kappa shape index (κ1) is 22.3. The Hall–Kier alpha value is -2.91. The van der Waals surface area contributed by atoms with Gasteiger partial charge in [0.05, 0.1) is 22.3 Å². The van der Waals surface area contributed by atoms with Crippen LogP contribution < -0.4 is 0 Å². The van der Waals surface area contributed by atoms with Gasteiger partial charge in [0, 0.05) is 30.4 Å². The van der Waals surface area contributed by atoms with E-state index in [2.05, 4.69) is 15.2 Å². The lowest BCUT2D eigenvalue weighted by Crippen LogP contribution is -2.40. The summed E-state index contributed by atoms with van der Waals surface area (Å²) in [5.41, 5.74) is 2.68. The summed E-state index contributed by atoms with van der Waals surface area (Å²) in [4.78, 5) is 18.7. The molecule has 1 amide bonds. The Morgan fingerprint density at radius 2 is 1.91 bits per heavy atom. The van der Waals surface area contributed by atoms with Crippen molar-refractivity contribution in [2.75, 3.05) is 13.1 Å². The van der Waals surface area contributed by atoms with Gasteiger partial charge in [-0.05, 0) is 51.7 Å². The minimum Gasteiger partial charge on any atom is -0.341 e. The number of amides is 1. The van der Waals surface area contributed by atoms with Crippen LogP contribution >= 0.6 is 0 Å². The molecular formula is C22H26F3N5O2. The van der Waals surface area contributed by atoms with Crippen LogP contribution in [0.2, 0.25) is 0 Å². The number of fused-ring (bicyclic) bond motifs is 1. The Morgan fingerprint density at radius 3 is 2.47 bits per heavy atom. The van der Waals surface area contributed by atoms with E-state index in [9.17, 15) is 18.0 Å². The van der Waals surface area contributed by atoms with Crippen LogP contribution in [0.25, 0.3) is 11.1 Å². The SMILES string of the molecule is CCc1cc(C(F)(F)F)c2c(C3CCN(C(=O)Cn4nc(C)c(C)c4C)CC3)noc2n1. The molecule has 0 radical (unpaired) electrons. The summed E-state index contributed by atoms with van der Waals surface area (Å²) in [6.07, 6.45) is -3.14. The smallest absolute Gasteiger partial charge is 0.341 e. The Labute approximate surface area is 183 Å². The quantitative estimate of drug-likeness (QED) is 0.593. The highest BCUT2D eigenvalue weighted by atomic mass is 19.4. The van der Waals surface area contributed by atoms with Crippen molar-refractivity contribution in [3.8, 4) is 0 Å². The minimum atomic E-state index is -4.53. The number of nitrogens with zero attached hydrogens (tertiary/aromatic N) is 5. The molecule has 1 aliphatic rings. The summed E-state index contributed by atoms with van der Waals surface area (Å²) in [6.45, 7) is 8.59. The zero-order chi connectivity index (χ0) is 23.2. The van der Waals surface area contributed by atoms with Crippen molar-refractivity contribution in [3.63, 3.8) is 0 Å². The van der Waals surface area contributed by atoms with E-state index in [0.717, 1.165) is 23.0 Å². The lowest BCUT2D eigenvalue weighted by atomic mass is 9.90. The number of likely N-dealkylation sites (tertiary alicyclic amines) is 1. The molecule has 4 rings (SSSR count). The monoisotopic (exact) mass is 449 g/mol. The van der Waals surface area contributed by atoms with Crippen molar-refractivity contribution in [1.82, 2.24) is 24.8 Å². The molecule has 0 unspecified atom stereocenters. The van der Waals surface area contributed by atoms with Crippen LogP contribution in [0, 0.1) is 20.8 Å². The highest BCUT2D eigenvalue weighted by Crippen LogP contribution is 2.40. The number of carbonyl (C=O) groups excluding carboxylic acids is 1. The number of pyridine rings is 1. The number of rotatable bonds is 4. The molecule has 4 heterocycles. The van der Waals surface area contributed by atoms with Crippen molar-refractivity contribution in [1.29, 1.82) is 0 Å². The zero-order valence-corrected chi connectivity index (χ0v) is 18.6. The maximum Gasteiger partial charge on any atom is 0.417 e. The summed E-state index contributed by atoms with van der Waals surface area (Å²) in [5, 5.41) is 8.33. The average Bonchev–Trinajstić information content (AvgIpc) is 3.29. The van der Waals surface area contributed by atoms with Crippen molar-refractivity contribution in [2.45, 2.75) is 65.6 Å². The predicted octanol–water partition coefficient (Wildman–Crippen LogP) is 4.33. The van der Waals surface area contributed by atoms with Crippen molar-refractivity contribution in [2.24, 2.45) is 0 Å². The van der Waals surface area contributed by atoms with E-state index < -0.39 is 11.7 Å². The van der Waals surface area contributed by atoms with Crippen LogP contribution in [-0.2, 0) is 23.9 Å². The van der Waals surface area contributed by atoms with E-state index in [0.29, 0.717) is 38.0 Å². The number of halogens is 3. The summed E-state index contributed by atoms with van der Waals surface area (Å²) in [7, 11) is 0. The van der Waals surface area contributed by atoms with Gasteiger partial charge >= 0.3 is 6.18 Å². The minimum absolute atomic E-state index is 0.0516. The molecule has 172 valence electrons. The van der Waals surface area contributed by atoms with E-state index in [4.69, 9.17) is 4.52 Å². The maximum absolute atomic E-state index is 13.7. The number of hydrogen-bond acceptors (Lipinski definition) is 5. The molecule has 0 aliphatic carbocycles. The average molecular weight is 449 g/mol. The number of hydrogen-bond donors (Lipinski definition) is 0. The second kappa shape index (κ2) is 8.22. The lowest BCUT2D eigenvalue weighted by molar-refractivity contribution is -0.136. The van der Waals surface area contributed by atoms with Gasteiger partial charge in [0.25, 0.3) is 5.71 Å². The second-order valence-corrected chi connectivity index (χ2v) is 8.37. The van der Waals surface area contributed by atoms with Gasteiger partial charge in [-0.2, -0.15) is 18.3 Å². The summed E-state index contributed by atoms with van der Waals surface area (Å²) < 4.78 is 48.1. The molecule has 32 heavy (non-hydrogen) atoms. The fraction of sp³-hybridized carbons (Fsp3) is 0.545. The lowest BCUT2D eigenvalue weighted by Gasteiger charge is -2.31. The van der Waals surface area contributed by atoms with Crippen LogP contribution in [0.15, 0.2) is 10.6 Å². The maximum atomic E-state index is 13.7. The molecule has 0 atom stereocenters. The fourth-order valence-corrected chi connectivity index (χ4v) is 4.28. The molecule has 1 saturated heterocycles. The van der Waals surface area contributed by atoms with Crippen molar-refractivity contribution < 1.29 is 22.5 Å². The van der Waals surface area contributed by atoms with Gasteiger partial charge in [-0.15, -0.1) is 0 Å². The Balaban J connectivity index is 1.52. The topological polar surface area (TPSA) is 77.0 Å². The van der Waals surface area contributed by atoms with Crippen molar-refractivity contribution in [3.05, 3.63) is 40.0 Å². The third kappa shape index (κ3) is 3.98. The van der Waals surface area contributed by atoms with Gasteiger partial charge in [0.2, 0.25) is 5.91 Å². The van der Waals surface area contributed by atoms with E-state index in [-0.39, 0.29) is 35.2 Å². The van der Waals surface area contributed by atoms with E-state index in [1.807, 2.05) is 20.8 Å². The van der Waals surface area contributed by atoms with Gasteiger partial charge in [-0.3, -0.25) is 9.48 Å². The highest BCUT2D eigenvalue weighted by molar-refractivity contribution is 5.82. The van der Waals surface area contributed by atoms with Gasteiger partial charge in [-0.1, -0.05) is 12.1 Å². The number of aromatic nitrogens is 4. The third-order valence-corrected chi connectivity index (χ3v) is 6.46. The normalized spacial score (nSPS) is 15.7. The molecule has 3 aromatic heterocycles. The fourth-order valence-electron chi connectivity index (χ4n) is 4.28. The number of aryl methyl sites for hydroxylation is 2. The largest absolute Gasteiger partial charge is 0.417 e. The van der Waals surface area contributed by atoms with Crippen LogP contribution in [0.4, 0.5) is 13.2 Å². The van der Waals surface area contributed by atoms with Gasteiger partial charge < -0.3 is 9.42 Å². The van der Waals surface area contributed by atoms with E-state index in [1.54, 1.807) is 16.5 Å². The van der Waals surface area contributed by atoms with Crippen LogP contribution in [0.5, 0.6) is 0 Å². The molecule has 3 aromatic rings. The van der Waals surface area contributed by atoms with Gasteiger partial charge in [-0.25, -0.2) is 4.98 Å². The standard InChI is InChI=1S/C22H26F3N5O2/c1-5-16-10-17(22(23,24)25)19-20(28-32-21(19)26-16)15-6-8-29(9-7-15)18(31)11-30-14(4)12(2)13(3)27-30/h10,15H,5-9,11H2,1-4H3. The number of carbonyl (C=O) groups is 1. The first-order valence-electron chi connectivity index (χ1n) is 10.7. The molecule has 1 fully saturated rings. The first-order chi connectivity index (χ1) is 15.1. The molecule has 0 aromatic carbocycles. The zero-order valence-electron chi connectivity index (χ0n) is 18.6. The van der Waals surface area contributed by atoms with Crippen molar-refractivity contribution >= 4 is 17.0 Å². The van der Waals surface area contributed by atoms with Crippen LogP contribution in [-0.4, -0.2) is 43.8 Å².